The van der Waals surface area contributed by atoms with Crippen LogP contribution in [0.3, 0.4) is 0 Å². The average Bonchev–Trinajstić information content (AvgIpc) is 2.35. The van der Waals surface area contributed by atoms with Crippen LogP contribution in [0.1, 0.15) is 34.6 Å². The molecular weight excluding hydrogens is 412 g/mol. The number of hydrogen-bond donors (Lipinski definition) is 0. The van der Waals surface area contributed by atoms with Crippen molar-refractivity contribution in [3.8, 4) is 0 Å². The Morgan fingerprint density at radius 1 is 0.722 bits per heavy atom. The van der Waals surface area contributed by atoms with E-state index in [1.165, 1.54) is 0 Å². The van der Waals surface area contributed by atoms with E-state index in [9.17, 15) is 0 Å². The molecule has 0 saturated heterocycles. The second-order valence-corrected chi connectivity index (χ2v) is 12.5. The van der Waals surface area contributed by atoms with Crippen molar-refractivity contribution in [3.63, 3.8) is 0 Å². The third-order valence-corrected chi connectivity index (χ3v) is 4.15. The molecule has 1 rings (SSSR count). The molecule has 0 atom stereocenters. The van der Waals surface area contributed by atoms with Crippen molar-refractivity contribution in [3.05, 3.63) is 6.55 Å². The molecule has 0 radical (unpaired) electrons. The Kier molecular flexibility index (Phi) is 10.9. The summed E-state index contributed by atoms with van der Waals surface area (Å²) < 4.78 is 17.1. The first-order chi connectivity index (χ1) is 7.97. The Hall–Kier alpha value is 0.505. The molecule has 0 spiro atoms. The van der Waals surface area contributed by atoms with Gasteiger partial charge in [-0.3, -0.25) is 0 Å². The third kappa shape index (κ3) is 9.44. The summed E-state index contributed by atoms with van der Waals surface area (Å²) in [7, 11) is -0.861. The molecule has 0 amide bonds. The summed E-state index contributed by atoms with van der Waals surface area (Å²) in [6.07, 6.45) is 0. The van der Waals surface area contributed by atoms with Gasteiger partial charge < -0.3 is 6.55 Å². The summed E-state index contributed by atoms with van der Waals surface area (Å²) in [6, 6.07) is 0. The van der Waals surface area contributed by atoms with E-state index in [0.717, 1.165) is 29.6 Å². The fraction of sp³-hybridized carbons (Fsp3) is 0.929. The van der Waals surface area contributed by atoms with E-state index in [2.05, 4.69) is 60.8 Å². The molecule has 1 aliphatic carbocycles. The van der Waals surface area contributed by atoms with Crippen LogP contribution in [0.25, 0.3) is 0 Å². The van der Waals surface area contributed by atoms with Crippen LogP contribution in [0.4, 0.5) is 0 Å². The van der Waals surface area contributed by atoms with Crippen molar-refractivity contribution in [1.29, 1.82) is 0 Å². The van der Waals surface area contributed by atoms with Crippen molar-refractivity contribution < 1.29 is 25.3 Å². The monoisotopic (exact) mass is 443 g/mol. The molecule has 0 unspecified atom stereocenters. The first-order valence-corrected chi connectivity index (χ1v) is 12.8. The van der Waals surface area contributed by atoms with Gasteiger partial charge in [-0.05, 0) is 29.6 Å². The Bertz CT molecular complexity index is 206. The first kappa shape index (κ1) is 20.8. The van der Waals surface area contributed by atoms with Crippen LogP contribution < -0.4 is 0 Å². The number of rotatable bonds is 0. The first-order valence-electron chi connectivity index (χ1n) is 6.74. The molecule has 1 aliphatic rings. The zero-order chi connectivity index (χ0) is 15.1. The summed E-state index contributed by atoms with van der Waals surface area (Å²) in [5.41, 5.74) is 0. The van der Waals surface area contributed by atoms with Gasteiger partial charge in [0, 0.05) is 0 Å². The van der Waals surface area contributed by atoms with E-state index in [0.29, 0.717) is 0 Å². The van der Waals surface area contributed by atoms with E-state index < -0.39 is 26.6 Å². The second-order valence-electron chi connectivity index (χ2n) is 6.92. The Morgan fingerprint density at radius 3 is 0.833 bits per heavy atom. The number of hydrogen-bond acceptors (Lipinski definition) is 2. The van der Waals surface area contributed by atoms with Crippen LogP contribution >= 0.6 is 0 Å². The zero-order valence-corrected chi connectivity index (χ0v) is 17.3. The van der Waals surface area contributed by atoms with Gasteiger partial charge in [-0.15, -0.1) is 8.07 Å². The van der Waals surface area contributed by atoms with E-state index in [1.54, 1.807) is 0 Å². The van der Waals surface area contributed by atoms with Crippen molar-refractivity contribution in [2.45, 2.75) is 54.3 Å². The molecule has 0 heterocycles. The SMILES string of the molecule is CC1C(C)C(C)C(C)C1C.[CH2-][Si](C)(C)C.[O]=[W]=[O]. The van der Waals surface area contributed by atoms with Crippen molar-refractivity contribution in [2.75, 3.05) is 0 Å². The summed E-state index contributed by atoms with van der Waals surface area (Å²) in [4.78, 5) is 0. The van der Waals surface area contributed by atoms with Crippen molar-refractivity contribution in [1.82, 2.24) is 0 Å². The summed E-state index contributed by atoms with van der Waals surface area (Å²) in [6.45, 7) is 22.5. The van der Waals surface area contributed by atoms with Crippen LogP contribution in [0, 0.1) is 36.1 Å². The van der Waals surface area contributed by atoms with Crippen LogP contribution in [0.2, 0.25) is 19.6 Å². The Labute approximate surface area is 123 Å². The quantitative estimate of drug-likeness (QED) is 0.404. The van der Waals surface area contributed by atoms with Crippen LogP contribution in [-0.4, -0.2) is 8.07 Å². The van der Waals surface area contributed by atoms with Gasteiger partial charge in [0.25, 0.3) is 0 Å². The summed E-state index contributed by atoms with van der Waals surface area (Å²) in [5, 5.41) is 0. The standard InChI is InChI=1S/C10H20.C4H11Si.2O.W/c1-6-7(2)9(4)10(5)8(6)3;1-5(2,3)4;;;/h6-10H,1-5H3;1H2,2-4H3;;;/q;-1;;;. The zero-order valence-electron chi connectivity index (χ0n) is 13.3. The average molecular weight is 443 g/mol. The molecule has 0 N–H and O–H groups in total. The Balaban J connectivity index is 0. The van der Waals surface area contributed by atoms with Crippen molar-refractivity contribution >= 4 is 8.07 Å². The molecule has 18 heavy (non-hydrogen) atoms. The minimum atomic E-state index is -2.25. The molecule has 1 fully saturated rings. The van der Waals surface area contributed by atoms with E-state index >= 15 is 0 Å². The van der Waals surface area contributed by atoms with Gasteiger partial charge in [-0.1, -0.05) is 54.3 Å². The van der Waals surface area contributed by atoms with Crippen LogP contribution in [0.15, 0.2) is 0 Å². The Morgan fingerprint density at radius 2 is 0.778 bits per heavy atom. The predicted molar refractivity (Wildman–Crippen MR) is 75.9 cm³/mol. The molecule has 2 nitrogen and oxygen atoms in total. The second kappa shape index (κ2) is 9.42. The maximum absolute atomic E-state index is 8.54. The van der Waals surface area contributed by atoms with Gasteiger partial charge in [-0.2, -0.15) is 0 Å². The molecule has 0 aliphatic heterocycles. The van der Waals surface area contributed by atoms with E-state index in [1.807, 2.05) is 0 Å². The predicted octanol–water partition coefficient (Wildman–Crippen LogP) is 4.64. The van der Waals surface area contributed by atoms with Crippen LogP contribution in [-0.2, 0) is 25.3 Å². The fourth-order valence-corrected chi connectivity index (χ4v) is 2.39. The fourth-order valence-electron chi connectivity index (χ4n) is 2.39. The molecule has 0 aromatic rings. The van der Waals surface area contributed by atoms with E-state index in [-0.39, 0.29) is 0 Å². The van der Waals surface area contributed by atoms with Gasteiger partial charge in [0.05, 0.1) is 0 Å². The molecule has 0 bridgehead atoms. The van der Waals surface area contributed by atoms with E-state index in [4.69, 9.17) is 6.80 Å². The van der Waals surface area contributed by atoms with Crippen LogP contribution in [0.5, 0.6) is 0 Å². The maximum atomic E-state index is 8.54. The van der Waals surface area contributed by atoms with Crippen molar-refractivity contribution in [2.24, 2.45) is 29.6 Å². The molecular formula is C14H31O2SiW-. The van der Waals surface area contributed by atoms with Gasteiger partial charge in [0.15, 0.2) is 0 Å². The summed E-state index contributed by atoms with van der Waals surface area (Å²) >= 11 is -2.25. The molecule has 110 valence electrons. The van der Waals surface area contributed by atoms with Gasteiger partial charge in [0.2, 0.25) is 0 Å². The summed E-state index contributed by atoms with van der Waals surface area (Å²) in [5.74, 6) is 4.68. The third-order valence-electron chi connectivity index (χ3n) is 4.15. The van der Waals surface area contributed by atoms with Gasteiger partial charge in [0.1, 0.15) is 0 Å². The molecule has 4 heteroatoms. The molecule has 1 saturated carbocycles. The minimum absolute atomic E-state index is 0.861. The van der Waals surface area contributed by atoms with Gasteiger partial charge >= 0.3 is 25.3 Å². The molecule has 0 aromatic heterocycles. The molecule has 0 aromatic carbocycles. The van der Waals surface area contributed by atoms with Gasteiger partial charge in [-0.25, -0.2) is 0 Å². The topological polar surface area (TPSA) is 34.1 Å². The normalized spacial score (nSPS) is 34.8.